The smallest absolute Gasteiger partial charge is 0.254 e. The molecule has 0 saturated carbocycles. The summed E-state index contributed by atoms with van der Waals surface area (Å²) >= 11 is 0. The molecule has 0 spiro atoms. The van der Waals surface area contributed by atoms with E-state index in [1.54, 1.807) is 29.8 Å². The molecule has 7 heteroatoms. The van der Waals surface area contributed by atoms with Crippen molar-refractivity contribution >= 4 is 28.5 Å². The van der Waals surface area contributed by atoms with Gasteiger partial charge >= 0.3 is 0 Å². The average molecular weight is 377 g/mol. The predicted molar refractivity (Wildman–Crippen MR) is 109 cm³/mol. The van der Waals surface area contributed by atoms with Crippen molar-refractivity contribution < 1.29 is 9.90 Å². The molecule has 2 aromatic heterocycles. The van der Waals surface area contributed by atoms with Crippen LogP contribution < -0.4 is 11.5 Å². The number of fused-ring (bicyclic) bond motifs is 1. The average Bonchev–Trinajstić information content (AvgIpc) is 2.97. The molecule has 1 aromatic carbocycles. The summed E-state index contributed by atoms with van der Waals surface area (Å²) in [5.74, 6) is -0.339. The van der Waals surface area contributed by atoms with Gasteiger partial charge < -0.3 is 16.6 Å². The summed E-state index contributed by atoms with van der Waals surface area (Å²) in [6, 6.07) is 3.42. The maximum atomic E-state index is 12.2. The fourth-order valence-electron chi connectivity index (χ4n) is 3.93. The molecular weight excluding hydrogens is 354 g/mol. The Balaban J connectivity index is 2.04. The Morgan fingerprint density at radius 1 is 1.25 bits per heavy atom. The van der Waals surface area contributed by atoms with Crippen LogP contribution in [0.2, 0.25) is 0 Å². The molecule has 0 unspecified atom stereocenters. The maximum Gasteiger partial charge on any atom is 0.254 e. The van der Waals surface area contributed by atoms with Gasteiger partial charge in [0.2, 0.25) is 0 Å². The molecule has 0 bridgehead atoms. The van der Waals surface area contributed by atoms with Gasteiger partial charge in [0, 0.05) is 5.56 Å². The van der Waals surface area contributed by atoms with Crippen molar-refractivity contribution in [3.05, 3.63) is 46.8 Å². The van der Waals surface area contributed by atoms with Gasteiger partial charge in [-0.05, 0) is 56.7 Å². The summed E-state index contributed by atoms with van der Waals surface area (Å²) in [4.78, 5) is 21.5. The zero-order chi connectivity index (χ0) is 20.0. The van der Waals surface area contributed by atoms with Gasteiger partial charge in [0.25, 0.3) is 5.91 Å². The van der Waals surface area contributed by atoms with Gasteiger partial charge in [-0.25, -0.2) is 9.97 Å². The highest BCUT2D eigenvalue weighted by Crippen LogP contribution is 2.35. The summed E-state index contributed by atoms with van der Waals surface area (Å²) in [5, 5.41) is 10.2. The maximum absolute atomic E-state index is 12.2. The monoisotopic (exact) mass is 377 g/mol. The topological polar surface area (TPSA) is 120 Å². The van der Waals surface area contributed by atoms with Crippen LogP contribution in [-0.2, 0) is 0 Å². The van der Waals surface area contributed by atoms with Crippen molar-refractivity contribution in [3.8, 4) is 11.4 Å². The Hall–Kier alpha value is -3.35. The number of benzene rings is 1. The minimum absolute atomic E-state index is 0.138. The van der Waals surface area contributed by atoms with Crippen LogP contribution in [0.25, 0.3) is 22.4 Å². The molecule has 3 aromatic rings. The molecular formula is C21H23N5O2. The lowest BCUT2D eigenvalue weighted by Gasteiger charge is -2.15. The molecule has 0 saturated heterocycles. The van der Waals surface area contributed by atoms with E-state index in [0.717, 1.165) is 36.1 Å². The molecule has 0 fully saturated rings. The van der Waals surface area contributed by atoms with Crippen LogP contribution in [0.5, 0.6) is 5.75 Å². The van der Waals surface area contributed by atoms with Crippen LogP contribution in [0.15, 0.2) is 24.4 Å². The molecule has 4 rings (SSSR count). The van der Waals surface area contributed by atoms with E-state index in [-0.39, 0.29) is 17.1 Å². The minimum atomic E-state index is -0.652. The van der Waals surface area contributed by atoms with E-state index < -0.39 is 5.91 Å². The normalized spacial score (nSPS) is 14.3. The summed E-state index contributed by atoms with van der Waals surface area (Å²) in [7, 11) is 0. The fraction of sp³-hybridized carbons (Fsp3) is 0.286. The number of carbonyl (C=O) groups is 1. The highest BCUT2D eigenvalue weighted by molar-refractivity contribution is 6.09. The van der Waals surface area contributed by atoms with Crippen molar-refractivity contribution in [2.75, 3.05) is 5.73 Å². The second-order valence-electron chi connectivity index (χ2n) is 7.24. The van der Waals surface area contributed by atoms with E-state index in [1.807, 2.05) is 6.92 Å². The molecule has 28 heavy (non-hydrogen) atoms. The number of phenolic OH excluding ortho intramolecular Hbond substituents is 1. The molecule has 0 radical (unpaired) electrons. The van der Waals surface area contributed by atoms with Gasteiger partial charge in [-0.15, -0.1) is 0 Å². The molecule has 1 aliphatic carbocycles. The van der Waals surface area contributed by atoms with Gasteiger partial charge in [0.15, 0.2) is 5.65 Å². The molecule has 2 heterocycles. The number of hydrogen-bond acceptors (Lipinski definition) is 5. The summed E-state index contributed by atoms with van der Waals surface area (Å²) in [6.45, 7) is 3.70. The lowest BCUT2D eigenvalue weighted by molar-refractivity contribution is 0.100. The Labute approximate surface area is 162 Å². The highest BCUT2D eigenvalue weighted by Gasteiger charge is 2.25. The molecule has 144 valence electrons. The quantitative estimate of drug-likeness (QED) is 0.646. The van der Waals surface area contributed by atoms with Crippen LogP contribution in [0.1, 0.15) is 52.9 Å². The first-order valence-electron chi connectivity index (χ1n) is 9.35. The third-order valence-corrected chi connectivity index (χ3v) is 5.39. The second kappa shape index (κ2) is 6.67. The second-order valence-corrected chi connectivity index (χ2v) is 7.24. The van der Waals surface area contributed by atoms with Gasteiger partial charge in [-0.2, -0.15) is 0 Å². The van der Waals surface area contributed by atoms with Gasteiger partial charge in [0.05, 0.1) is 17.6 Å². The minimum Gasteiger partial charge on any atom is -0.508 e. The lowest BCUT2D eigenvalue weighted by atomic mass is 9.97. The number of hydrogen-bond donors (Lipinski definition) is 3. The SMILES string of the molecule is Cc1ccc(O)c(C)c1-n1c(N)c(C(N)=O)c2nc(C3=CCCCC3)cnc21. The molecule has 5 N–H and O–H groups in total. The van der Waals surface area contributed by atoms with Crippen molar-refractivity contribution in [2.24, 2.45) is 5.73 Å². The third kappa shape index (κ3) is 2.70. The summed E-state index contributed by atoms with van der Waals surface area (Å²) in [6.07, 6.45) is 8.13. The number of phenols is 1. The van der Waals surface area contributed by atoms with E-state index >= 15 is 0 Å². The Bertz CT molecular complexity index is 1140. The largest absolute Gasteiger partial charge is 0.508 e. The molecule has 0 aliphatic heterocycles. The first-order chi connectivity index (χ1) is 13.4. The van der Waals surface area contributed by atoms with Crippen LogP contribution in [0.4, 0.5) is 5.82 Å². The van der Waals surface area contributed by atoms with Crippen LogP contribution >= 0.6 is 0 Å². The number of nitrogen functional groups attached to an aromatic ring is 1. The number of amides is 1. The molecule has 0 atom stereocenters. The van der Waals surface area contributed by atoms with E-state index in [9.17, 15) is 9.90 Å². The van der Waals surface area contributed by atoms with Crippen LogP contribution in [0.3, 0.4) is 0 Å². The number of allylic oxidation sites excluding steroid dienone is 2. The fourth-order valence-corrected chi connectivity index (χ4v) is 3.93. The number of rotatable bonds is 3. The predicted octanol–water partition coefficient (Wildman–Crippen LogP) is 3.38. The van der Waals surface area contributed by atoms with Crippen molar-refractivity contribution in [2.45, 2.75) is 39.5 Å². The van der Waals surface area contributed by atoms with Gasteiger partial charge in [-0.1, -0.05) is 12.1 Å². The van der Waals surface area contributed by atoms with E-state index in [2.05, 4.69) is 11.1 Å². The molecule has 1 aliphatic rings. The summed E-state index contributed by atoms with van der Waals surface area (Å²) < 4.78 is 1.66. The van der Waals surface area contributed by atoms with Crippen molar-refractivity contribution in [1.82, 2.24) is 14.5 Å². The highest BCUT2D eigenvalue weighted by atomic mass is 16.3. The Morgan fingerprint density at radius 3 is 2.71 bits per heavy atom. The molecule has 1 amide bonds. The van der Waals surface area contributed by atoms with E-state index in [1.165, 1.54) is 6.42 Å². The first-order valence-corrected chi connectivity index (χ1v) is 9.35. The zero-order valence-electron chi connectivity index (χ0n) is 16.0. The number of aryl methyl sites for hydroxylation is 1. The number of carbonyl (C=O) groups excluding carboxylic acids is 1. The number of nitrogens with zero attached hydrogens (tertiary/aromatic N) is 3. The van der Waals surface area contributed by atoms with E-state index in [4.69, 9.17) is 16.5 Å². The van der Waals surface area contributed by atoms with Crippen molar-refractivity contribution in [1.29, 1.82) is 0 Å². The standard InChI is InChI=1S/C21H23N5O2/c1-11-8-9-15(27)12(2)18(11)26-19(22)16(20(23)28)17-21(26)24-10-14(25-17)13-6-4-3-5-7-13/h6,8-10,27H,3-5,7,22H2,1-2H3,(H2,23,28). The first kappa shape index (κ1) is 18.0. The number of anilines is 1. The van der Waals surface area contributed by atoms with E-state index in [0.29, 0.717) is 22.4 Å². The third-order valence-electron chi connectivity index (χ3n) is 5.39. The number of aromatic hydroxyl groups is 1. The van der Waals surface area contributed by atoms with Crippen LogP contribution in [0, 0.1) is 13.8 Å². The van der Waals surface area contributed by atoms with Crippen molar-refractivity contribution in [3.63, 3.8) is 0 Å². The Morgan fingerprint density at radius 2 is 2.04 bits per heavy atom. The Kier molecular flexibility index (Phi) is 4.30. The molecule has 7 nitrogen and oxygen atoms in total. The number of primary amides is 1. The van der Waals surface area contributed by atoms with Gasteiger partial charge in [0.1, 0.15) is 22.6 Å². The van der Waals surface area contributed by atoms with Gasteiger partial charge in [-0.3, -0.25) is 9.36 Å². The zero-order valence-corrected chi connectivity index (χ0v) is 16.0. The number of nitrogens with two attached hydrogens (primary N) is 2. The summed E-state index contributed by atoms with van der Waals surface area (Å²) in [5.41, 5.74) is 17.1. The van der Waals surface area contributed by atoms with Crippen LogP contribution in [-0.4, -0.2) is 25.5 Å². The lowest BCUT2D eigenvalue weighted by Crippen LogP contribution is -2.14. The number of aromatic nitrogens is 3.